The lowest BCUT2D eigenvalue weighted by atomic mass is 9.95. The van der Waals surface area contributed by atoms with Gasteiger partial charge in [0.2, 0.25) is 5.91 Å². The van der Waals surface area contributed by atoms with Crippen LogP contribution in [0.2, 0.25) is 0 Å². The summed E-state index contributed by atoms with van der Waals surface area (Å²) in [4.78, 5) is 44.4. The lowest BCUT2D eigenvalue weighted by molar-refractivity contribution is -0.146. The highest BCUT2D eigenvalue weighted by molar-refractivity contribution is 5.76. The van der Waals surface area contributed by atoms with Crippen LogP contribution in [0.1, 0.15) is 319 Å². The van der Waals surface area contributed by atoms with Gasteiger partial charge < -0.3 is 19.3 Å². The SMILES string of the molecule is C.C.CCCCCCCCC(=O)N(CCCN(C)C)C(CCCCCC(=O)OCC(CCCCCC)CCCCCCCC)CCCCCC(=O)OCC(CCCCCC)CCCCCCCC. The maximum atomic E-state index is 14.0. The smallest absolute Gasteiger partial charge is 0.305 e. The van der Waals surface area contributed by atoms with E-state index in [2.05, 4.69) is 58.5 Å². The van der Waals surface area contributed by atoms with Gasteiger partial charge in [-0.05, 0) is 96.7 Å². The molecule has 7 nitrogen and oxygen atoms in total. The lowest BCUT2D eigenvalue weighted by Gasteiger charge is -2.33. The second-order valence-corrected chi connectivity index (χ2v) is 21.0. The number of amides is 1. The van der Waals surface area contributed by atoms with Gasteiger partial charge in [0, 0.05) is 31.8 Å². The monoisotopic (exact) mass is 965 g/mol. The van der Waals surface area contributed by atoms with Gasteiger partial charge in [-0.1, -0.05) is 236 Å². The fourth-order valence-electron chi connectivity index (χ4n) is 9.71. The summed E-state index contributed by atoms with van der Waals surface area (Å²) in [6.45, 7) is 14.3. The van der Waals surface area contributed by atoms with Crippen LogP contribution in [0.5, 0.6) is 0 Å². The molecule has 0 aliphatic rings. The van der Waals surface area contributed by atoms with Crippen LogP contribution < -0.4 is 0 Å². The molecule has 0 rings (SSSR count). The first-order valence-electron chi connectivity index (χ1n) is 29.5. The Labute approximate surface area is 427 Å². The third-order valence-electron chi connectivity index (χ3n) is 14.2. The number of rotatable bonds is 52. The average molecular weight is 966 g/mol. The number of hydrogen-bond donors (Lipinski definition) is 0. The zero-order valence-corrected chi connectivity index (χ0v) is 45.7. The molecule has 0 aromatic heterocycles. The molecule has 0 saturated heterocycles. The maximum Gasteiger partial charge on any atom is 0.305 e. The average Bonchev–Trinajstić information content (AvgIpc) is 3.30. The summed E-state index contributed by atoms with van der Waals surface area (Å²) in [5.41, 5.74) is 0. The van der Waals surface area contributed by atoms with Gasteiger partial charge >= 0.3 is 11.9 Å². The van der Waals surface area contributed by atoms with Gasteiger partial charge in [0.25, 0.3) is 0 Å². The second kappa shape index (κ2) is 54.7. The van der Waals surface area contributed by atoms with Crippen LogP contribution in [0.25, 0.3) is 0 Å². The Hall–Kier alpha value is -1.63. The van der Waals surface area contributed by atoms with E-state index in [1.807, 2.05) is 0 Å². The molecule has 0 aliphatic carbocycles. The van der Waals surface area contributed by atoms with Crippen molar-refractivity contribution in [3.05, 3.63) is 0 Å². The Morgan fingerprint density at radius 3 is 1.01 bits per heavy atom. The number of carbonyl (C=O) groups is 3. The number of unbranched alkanes of at least 4 members (excludes halogenated alkanes) is 25. The molecule has 0 radical (unpaired) electrons. The first-order chi connectivity index (χ1) is 32.2. The molecular formula is C61H124N2O5. The van der Waals surface area contributed by atoms with Crippen LogP contribution in [-0.2, 0) is 23.9 Å². The highest BCUT2D eigenvalue weighted by Crippen LogP contribution is 2.24. The lowest BCUT2D eigenvalue weighted by Crippen LogP contribution is -2.41. The predicted molar refractivity (Wildman–Crippen MR) is 299 cm³/mol. The summed E-state index contributed by atoms with van der Waals surface area (Å²) in [6.07, 6.45) is 47.8. The number of esters is 2. The van der Waals surface area contributed by atoms with Crippen molar-refractivity contribution in [2.75, 3.05) is 40.4 Å². The first kappa shape index (κ1) is 70.6. The molecule has 0 aromatic carbocycles. The molecule has 0 aromatic rings. The quantitative estimate of drug-likeness (QED) is 0.0447. The first-order valence-corrected chi connectivity index (χ1v) is 29.5. The molecule has 0 fully saturated rings. The molecule has 1 amide bonds. The molecule has 0 bridgehead atoms. The summed E-state index contributed by atoms with van der Waals surface area (Å²) < 4.78 is 11.9. The number of hydrogen-bond acceptors (Lipinski definition) is 6. The van der Waals surface area contributed by atoms with Crippen molar-refractivity contribution in [2.24, 2.45) is 11.8 Å². The van der Waals surface area contributed by atoms with Gasteiger partial charge in [0.05, 0.1) is 13.2 Å². The zero-order chi connectivity index (χ0) is 48.6. The largest absolute Gasteiger partial charge is 0.465 e. The van der Waals surface area contributed by atoms with Crippen molar-refractivity contribution in [3.63, 3.8) is 0 Å². The van der Waals surface area contributed by atoms with E-state index >= 15 is 0 Å². The molecule has 0 aliphatic heterocycles. The van der Waals surface area contributed by atoms with E-state index in [1.165, 1.54) is 180 Å². The molecule has 0 spiro atoms. The van der Waals surface area contributed by atoms with E-state index in [0.717, 1.165) is 83.7 Å². The third kappa shape index (κ3) is 46.7. The molecule has 0 heterocycles. The van der Waals surface area contributed by atoms with Crippen LogP contribution in [0.3, 0.4) is 0 Å². The highest BCUT2D eigenvalue weighted by Gasteiger charge is 2.23. The van der Waals surface area contributed by atoms with Crippen molar-refractivity contribution in [3.8, 4) is 0 Å². The van der Waals surface area contributed by atoms with Crippen LogP contribution in [0.15, 0.2) is 0 Å². The van der Waals surface area contributed by atoms with Crippen LogP contribution in [0.4, 0.5) is 0 Å². The Morgan fingerprint density at radius 1 is 0.353 bits per heavy atom. The second-order valence-electron chi connectivity index (χ2n) is 21.0. The van der Waals surface area contributed by atoms with Crippen LogP contribution in [0, 0.1) is 11.8 Å². The van der Waals surface area contributed by atoms with Crippen molar-refractivity contribution in [1.29, 1.82) is 0 Å². The molecule has 2 unspecified atom stereocenters. The predicted octanol–water partition coefficient (Wildman–Crippen LogP) is 18.8. The molecule has 68 heavy (non-hydrogen) atoms. The highest BCUT2D eigenvalue weighted by atomic mass is 16.5. The van der Waals surface area contributed by atoms with Gasteiger partial charge in [0.1, 0.15) is 0 Å². The molecule has 7 heteroatoms. The van der Waals surface area contributed by atoms with Crippen molar-refractivity contribution in [1.82, 2.24) is 9.80 Å². The van der Waals surface area contributed by atoms with E-state index in [1.54, 1.807) is 0 Å². The number of nitrogens with zero attached hydrogens (tertiary/aromatic N) is 2. The maximum absolute atomic E-state index is 14.0. The van der Waals surface area contributed by atoms with E-state index in [9.17, 15) is 14.4 Å². The minimum Gasteiger partial charge on any atom is -0.465 e. The Balaban J connectivity index is -0.0000211. The van der Waals surface area contributed by atoms with Crippen molar-refractivity contribution in [2.45, 2.75) is 325 Å². The Bertz CT molecular complexity index is 994. The number of carbonyl (C=O) groups excluding carboxylic acids is 3. The van der Waals surface area contributed by atoms with Crippen molar-refractivity contribution >= 4 is 17.8 Å². The van der Waals surface area contributed by atoms with Gasteiger partial charge in [-0.15, -0.1) is 0 Å². The fourth-order valence-corrected chi connectivity index (χ4v) is 9.71. The van der Waals surface area contributed by atoms with E-state index in [-0.39, 0.29) is 32.8 Å². The molecule has 0 N–H and O–H groups in total. The summed E-state index contributed by atoms with van der Waals surface area (Å²) >= 11 is 0. The van der Waals surface area contributed by atoms with Crippen molar-refractivity contribution < 1.29 is 23.9 Å². The van der Waals surface area contributed by atoms with Crippen LogP contribution >= 0.6 is 0 Å². The third-order valence-corrected chi connectivity index (χ3v) is 14.2. The summed E-state index contributed by atoms with van der Waals surface area (Å²) in [5.74, 6) is 1.23. The van der Waals surface area contributed by atoms with Gasteiger partial charge in [-0.25, -0.2) is 0 Å². The van der Waals surface area contributed by atoms with E-state index < -0.39 is 0 Å². The minimum atomic E-state index is -0.0358. The summed E-state index contributed by atoms with van der Waals surface area (Å²) in [6, 6.07) is 0.199. The Morgan fingerprint density at radius 2 is 0.647 bits per heavy atom. The van der Waals surface area contributed by atoms with Gasteiger partial charge in [-0.3, -0.25) is 14.4 Å². The standard InChI is InChI=1S/C59H116N2O5.2CH4/c1-8-13-18-23-26-33-43-54(41-31-21-16-11-4)52-65-58(63)48-38-29-35-45-56(61(51-40-50-60(6)7)57(62)47-37-28-25-20-15-10-3)46-36-30-39-49-59(64)66-53-55(42-32-22-17-12-5)44-34-27-24-19-14-9-2;;/h54-56H,8-53H2,1-7H3;2*1H4. The van der Waals surface area contributed by atoms with E-state index in [0.29, 0.717) is 50.2 Å². The summed E-state index contributed by atoms with van der Waals surface area (Å²) in [5, 5.41) is 0. The molecule has 2 atom stereocenters. The van der Waals surface area contributed by atoms with Gasteiger partial charge in [-0.2, -0.15) is 0 Å². The fraction of sp³-hybridized carbons (Fsp3) is 0.951. The minimum absolute atomic E-state index is 0. The van der Waals surface area contributed by atoms with E-state index in [4.69, 9.17) is 9.47 Å². The number of ether oxygens (including phenoxy) is 2. The molecular weight excluding hydrogens is 841 g/mol. The topological polar surface area (TPSA) is 76.2 Å². The molecule has 0 saturated carbocycles. The van der Waals surface area contributed by atoms with Crippen LogP contribution in [-0.4, -0.2) is 74.1 Å². The normalized spacial score (nSPS) is 12.6. The molecule has 408 valence electrons. The van der Waals surface area contributed by atoms with Gasteiger partial charge in [0.15, 0.2) is 0 Å². The Kier molecular flexibility index (Phi) is 56.8. The zero-order valence-electron chi connectivity index (χ0n) is 45.7. The summed E-state index contributed by atoms with van der Waals surface area (Å²) in [7, 11) is 4.23.